The first-order valence-electron chi connectivity index (χ1n) is 6.57. The fraction of sp³-hybridized carbons (Fsp3) is 0.429. The van der Waals surface area contributed by atoms with Crippen molar-refractivity contribution in [2.75, 3.05) is 19.4 Å². The van der Waals surface area contributed by atoms with Gasteiger partial charge in [-0.1, -0.05) is 13.8 Å². The van der Waals surface area contributed by atoms with Crippen LogP contribution in [0.1, 0.15) is 13.8 Å². The van der Waals surface area contributed by atoms with Gasteiger partial charge < -0.3 is 20.4 Å². The predicted molar refractivity (Wildman–Crippen MR) is 78.5 cm³/mol. The van der Waals surface area contributed by atoms with E-state index in [4.69, 9.17) is 10.5 Å². The first-order chi connectivity index (χ1) is 9.51. The van der Waals surface area contributed by atoms with Crippen molar-refractivity contribution >= 4 is 22.9 Å². The summed E-state index contributed by atoms with van der Waals surface area (Å²) in [7, 11) is 1.60. The number of hydrogen-bond acceptors (Lipinski definition) is 4. The molecule has 0 saturated heterocycles. The van der Waals surface area contributed by atoms with Crippen LogP contribution in [0.2, 0.25) is 0 Å². The Morgan fingerprint density at radius 2 is 2.25 bits per heavy atom. The van der Waals surface area contributed by atoms with Gasteiger partial charge >= 0.3 is 0 Å². The summed E-state index contributed by atoms with van der Waals surface area (Å²) in [5, 5.41) is 2.87. The Hall–Kier alpha value is -2.24. The van der Waals surface area contributed by atoms with Gasteiger partial charge in [0, 0.05) is 12.6 Å². The van der Waals surface area contributed by atoms with Crippen LogP contribution in [-0.2, 0) is 11.3 Å². The number of nitrogens with zero attached hydrogens (tertiary/aromatic N) is 2. The Morgan fingerprint density at radius 3 is 2.90 bits per heavy atom. The molecular formula is C14H20N4O2. The van der Waals surface area contributed by atoms with Crippen molar-refractivity contribution in [2.45, 2.75) is 20.4 Å². The van der Waals surface area contributed by atoms with E-state index in [0.717, 1.165) is 11.0 Å². The van der Waals surface area contributed by atoms with Crippen molar-refractivity contribution in [3.05, 3.63) is 18.2 Å². The molecule has 1 heterocycles. The molecule has 2 rings (SSSR count). The Labute approximate surface area is 117 Å². The zero-order valence-corrected chi connectivity index (χ0v) is 12.0. The van der Waals surface area contributed by atoms with Crippen molar-refractivity contribution in [2.24, 2.45) is 5.92 Å². The molecule has 0 aliphatic rings. The number of hydrogen-bond donors (Lipinski definition) is 2. The monoisotopic (exact) mass is 276 g/mol. The average Bonchev–Trinajstić information content (AvgIpc) is 2.72. The van der Waals surface area contributed by atoms with E-state index in [1.807, 2.05) is 26.0 Å². The zero-order valence-electron chi connectivity index (χ0n) is 12.0. The third kappa shape index (κ3) is 3.01. The highest BCUT2D eigenvalue weighted by Crippen LogP contribution is 2.22. The largest absolute Gasteiger partial charge is 0.497 e. The number of anilines is 1. The summed E-state index contributed by atoms with van der Waals surface area (Å²) in [4.78, 5) is 16.1. The predicted octanol–water partition coefficient (Wildman–Crippen LogP) is 1.40. The number of nitrogens with two attached hydrogens (primary N) is 1. The number of fused-ring (bicyclic) bond motifs is 1. The van der Waals surface area contributed by atoms with Gasteiger partial charge in [0.2, 0.25) is 11.9 Å². The summed E-state index contributed by atoms with van der Waals surface area (Å²) in [6, 6.07) is 5.48. The van der Waals surface area contributed by atoms with Gasteiger partial charge in [-0.15, -0.1) is 0 Å². The summed E-state index contributed by atoms with van der Waals surface area (Å²) in [5.41, 5.74) is 7.42. The topological polar surface area (TPSA) is 82.2 Å². The fourth-order valence-corrected chi connectivity index (χ4v) is 1.94. The van der Waals surface area contributed by atoms with E-state index in [0.29, 0.717) is 24.2 Å². The minimum Gasteiger partial charge on any atom is -0.497 e. The number of nitrogens with one attached hydrogen (secondary N) is 1. The second-order valence-corrected chi connectivity index (χ2v) is 5.11. The molecule has 3 N–H and O–H groups in total. The molecule has 0 aliphatic heterocycles. The Kier molecular flexibility index (Phi) is 4.12. The summed E-state index contributed by atoms with van der Waals surface area (Å²) < 4.78 is 6.85. The third-order valence-electron chi connectivity index (χ3n) is 2.99. The number of aromatic nitrogens is 2. The summed E-state index contributed by atoms with van der Waals surface area (Å²) >= 11 is 0. The molecule has 0 radical (unpaired) electrons. The van der Waals surface area contributed by atoms with Crippen LogP contribution in [0, 0.1) is 5.92 Å². The number of benzene rings is 1. The van der Waals surface area contributed by atoms with E-state index in [1.54, 1.807) is 17.7 Å². The molecule has 108 valence electrons. The molecule has 0 bridgehead atoms. The van der Waals surface area contributed by atoms with E-state index in [-0.39, 0.29) is 12.5 Å². The number of imidazole rings is 1. The quantitative estimate of drug-likeness (QED) is 0.864. The fourth-order valence-electron chi connectivity index (χ4n) is 1.94. The highest BCUT2D eigenvalue weighted by Gasteiger charge is 2.12. The first-order valence-corrected chi connectivity index (χ1v) is 6.57. The van der Waals surface area contributed by atoms with Crippen molar-refractivity contribution < 1.29 is 9.53 Å². The van der Waals surface area contributed by atoms with Crippen molar-refractivity contribution in [3.8, 4) is 5.75 Å². The maximum Gasteiger partial charge on any atom is 0.240 e. The summed E-state index contributed by atoms with van der Waals surface area (Å²) in [6.07, 6.45) is 0. The summed E-state index contributed by atoms with van der Waals surface area (Å²) in [5.74, 6) is 1.39. The number of carbonyl (C=O) groups is 1. The highest BCUT2D eigenvalue weighted by molar-refractivity contribution is 5.83. The van der Waals surface area contributed by atoms with E-state index in [1.165, 1.54) is 0 Å². The van der Waals surface area contributed by atoms with Gasteiger partial charge in [-0.2, -0.15) is 0 Å². The molecule has 6 nitrogen and oxygen atoms in total. The van der Waals surface area contributed by atoms with Crippen LogP contribution in [0.4, 0.5) is 5.95 Å². The second-order valence-electron chi connectivity index (χ2n) is 5.11. The number of amides is 1. The van der Waals surface area contributed by atoms with Crippen LogP contribution in [0.15, 0.2) is 18.2 Å². The lowest BCUT2D eigenvalue weighted by atomic mass is 10.2. The Bertz CT molecular complexity index is 619. The molecule has 0 saturated carbocycles. The van der Waals surface area contributed by atoms with Gasteiger partial charge in [-0.05, 0) is 18.1 Å². The average molecular weight is 276 g/mol. The van der Waals surface area contributed by atoms with Gasteiger partial charge in [-0.25, -0.2) is 4.98 Å². The number of ether oxygens (including phenoxy) is 1. The van der Waals surface area contributed by atoms with Crippen molar-refractivity contribution in [3.63, 3.8) is 0 Å². The van der Waals surface area contributed by atoms with Crippen LogP contribution < -0.4 is 15.8 Å². The molecule has 1 aromatic heterocycles. The van der Waals surface area contributed by atoms with Crippen LogP contribution in [0.5, 0.6) is 5.75 Å². The number of methoxy groups -OCH3 is 1. The molecule has 0 unspecified atom stereocenters. The molecular weight excluding hydrogens is 256 g/mol. The number of rotatable bonds is 5. The molecule has 2 aromatic rings. The smallest absolute Gasteiger partial charge is 0.240 e. The lowest BCUT2D eigenvalue weighted by Gasteiger charge is -2.09. The summed E-state index contributed by atoms with van der Waals surface area (Å²) in [6.45, 7) is 4.92. The molecule has 0 fully saturated rings. The van der Waals surface area contributed by atoms with Crippen LogP contribution in [-0.4, -0.2) is 29.1 Å². The molecule has 0 aliphatic carbocycles. The lowest BCUT2D eigenvalue weighted by Crippen LogP contribution is -2.30. The maximum absolute atomic E-state index is 11.9. The lowest BCUT2D eigenvalue weighted by molar-refractivity contribution is -0.121. The Morgan fingerprint density at radius 1 is 1.50 bits per heavy atom. The van der Waals surface area contributed by atoms with Gasteiger partial charge in [0.25, 0.3) is 0 Å². The third-order valence-corrected chi connectivity index (χ3v) is 2.99. The standard InChI is InChI=1S/C14H20N4O2/c1-9(2)7-16-13(19)8-18-12-5-4-10(20-3)6-11(12)17-14(18)15/h4-6,9H,7-8H2,1-3H3,(H2,15,17)(H,16,19). The van der Waals surface area contributed by atoms with Crippen molar-refractivity contribution in [1.82, 2.24) is 14.9 Å². The molecule has 20 heavy (non-hydrogen) atoms. The van der Waals surface area contributed by atoms with Gasteiger partial charge in [0.15, 0.2) is 0 Å². The molecule has 0 spiro atoms. The van der Waals surface area contributed by atoms with Crippen molar-refractivity contribution in [1.29, 1.82) is 0 Å². The van der Waals surface area contributed by atoms with Crippen LogP contribution >= 0.6 is 0 Å². The SMILES string of the molecule is COc1ccc2c(c1)nc(N)n2CC(=O)NCC(C)C. The Balaban J connectivity index is 2.21. The normalized spacial score (nSPS) is 11.0. The molecule has 0 atom stereocenters. The second kappa shape index (κ2) is 5.81. The van der Waals surface area contributed by atoms with E-state index < -0.39 is 0 Å². The van der Waals surface area contributed by atoms with E-state index in [2.05, 4.69) is 10.3 Å². The minimum absolute atomic E-state index is 0.0690. The number of carbonyl (C=O) groups excluding carboxylic acids is 1. The van der Waals surface area contributed by atoms with Gasteiger partial charge in [0.1, 0.15) is 12.3 Å². The van der Waals surface area contributed by atoms with Gasteiger partial charge in [-0.3, -0.25) is 4.79 Å². The zero-order chi connectivity index (χ0) is 14.7. The first kappa shape index (κ1) is 14.2. The number of nitrogen functional groups attached to an aromatic ring is 1. The minimum atomic E-state index is -0.0690. The van der Waals surface area contributed by atoms with E-state index >= 15 is 0 Å². The maximum atomic E-state index is 11.9. The van der Waals surface area contributed by atoms with E-state index in [9.17, 15) is 4.79 Å². The molecule has 6 heteroatoms. The molecule has 1 amide bonds. The van der Waals surface area contributed by atoms with Gasteiger partial charge in [0.05, 0.1) is 18.1 Å². The van der Waals surface area contributed by atoms with Crippen LogP contribution in [0.25, 0.3) is 11.0 Å². The van der Waals surface area contributed by atoms with Crippen LogP contribution in [0.3, 0.4) is 0 Å². The molecule has 1 aromatic carbocycles. The highest BCUT2D eigenvalue weighted by atomic mass is 16.5.